The molecule has 0 spiro atoms. The minimum atomic E-state index is 0.113. The Labute approximate surface area is 118 Å². The zero-order valence-corrected chi connectivity index (χ0v) is 12.4. The summed E-state index contributed by atoms with van der Waals surface area (Å²) < 4.78 is 5.76. The standard InChI is InChI=1S/C17H30O2/c18-17-15-11-7-5-3-1-2-4-6-8-13-16(19-17)14-10-9-12-15/h15-16H,1-14H2. The first-order valence-corrected chi connectivity index (χ1v) is 8.57. The third kappa shape index (κ3) is 5.54. The molecule has 0 aromatic heterocycles. The molecule has 2 saturated heterocycles. The van der Waals surface area contributed by atoms with Gasteiger partial charge in [0.25, 0.3) is 0 Å². The first-order valence-electron chi connectivity index (χ1n) is 8.57. The van der Waals surface area contributed by atoms with Gasteiger partial charge in [0.15, 0.2) is 0 Å². The van der Waals surface area contributed by atoms with Crippen LogP contribution in [0, 0.1) is 5.92 Å². The number of rotatable bonds is 0. The number of hydrogen-bond acceptors (Lipinski definition) is 2. The van der Waals surface area contributed by atoms with Gasteiger partial charge in [-0.2, -0.15) is 0 Å². The first kappa shape index (κ1) is 14.9. The van der Waals surface area contributed by atoms with E-state index in [1.165, 1.54) is 64.2 Å². The van der Waals surface area contributed by atoms with Crippen LogP contribution < -0.4 is 0 Å². The molecule has 2 nitrogen and oxygen atoms in total. The highest BCUT2D eigenvalue weighted by Gasteiger charge is 2.25. The van der Waals surface area contributed by atoms with Gasteiger partial charge in [-0.05, 0) is 38.5 Å². The van der Waals surface area contributed by atoms with Crippen LogP contribution >= 0.6 is 0 Å². The smallest absolute Gasteiger partial charge is 0.309 e. The first-order chi connectivity index (χ1) is 9.36. The molecule has 19 heavy (non-hydrogen) atoms. The minimum Gasteiger partial charge on any atom is -0.462 e. The number of esters is 1. The Hall–Kier alpha value is -0.530. The average Bonchev–Trinajstić information content (AvgIpc) is 2.39. The molecular formula is C17H30O2. The molecule has 2 fully saturated rings. The van der Waals surface area contributed by atoms with E-state index in [0.717, 1.165) is 25.7 Å². The number of hydrogen-bond donors (Lipinski definition) is 0. The zero-order valence-electron chi connectivity index (χ0n) is 12.4. The van der Waals surface area contributed by atoms with Crippen LogP contribution in [-0.2, 0) is 9.53 Å². The van der Waals surface area contributed by atoms with Crippen LogP contribution in [-0.4, -0.2) is 12.1 Å². The maximum absolute atomic E-state index is 12.2. The number of carbonyl (C=O) groups excluding carboxylic acids is 1. The van der Waals surface area contributed by atoms with Gasteiger partial charge in [0.05, 0.1) is 5.92 Å². The van der Waals surface area contributed by atoms with E-state index < -0.39 is 0 Å². The molecule has 0 saturated carbocycles. The molecule has 2 atom stereocenters. The van der Waals surface area contributed by atoms with E-state index in [0.29, 0.717) is 0 Å². The fourth-order valence-corrected chi connectivity index (χ4v) is 3.49. The van der Waals surface area contributed by atoms with Crippen molar-refractivity contribution in [3.05, 3.63) is 0 Å². The Balaban J connectivity index is 1.89. The number of carbonyl (C=O) groups is 1. The maximum Gasteiger partial charge on any atom is 0.309 e. The number of ether oxygens (including phenoxy) is 1. The summed E-state index contributed by atoms with van der Waals surface area (Å²) in [6.07, 6.45) is 17.6. The lowest BCUT2D eigenvalue weighted by atomic mass is 9.91. The van der Waals surface area contributed by atoms with Crippen LogP contribution in [0.3, 0.4) is 0 Å². The molecule has 0 amide bonds. The highest BCUT2D eigenvalue weighted by molar-refractivity contribution is 5.72. The maximum atomic E-state index is 12.2. The second kappa shape index (κ2) is 8.60. The summed E-state index contributed by atoms with van der Waals surface area (Å²) in [6, 6.07) is 0. The number of fused-ring (bicyclic) bond motifs is 3. The molecule has 2 unspecified atom stereocenters. The van der Waals surface area contributed by atoms with Crippen molar-refractivity contribution in [3.63, 3.8) is 0 Å². The molecule has 2 aliphatic rings. The predicted molar refractivity (Wildman–Crippen MR) is 78.0 cm³/mol. The molecule has 0 aromatic carbocycles. The highest BCUT2D eigenvalue weighted by atomic mass is 16.5. The Morgan fingerprint density at radius 2 is 1.05 bits per heavy atom. The average molecular weight is 266 g/mol. The quantitative estimate of drug-likeness (QED) is 0.576. The van der Waals surface area contributed by atoms with Gasteiger partial charge >= 0.3 is 5.97 Å². The molecule has 0 radical (unpaired) electrons. The summed E-state index contributed by atoms with van der Waals surface area (Å²) in [4.78, 5) is 12.2. The molecule has 0 aliphatic carbocycles. The fraction of sp³-hybridized carbons (Fsp3) is 0.941. The van der Waals surface area contributed by atoms with Crippen LogP contribution in [0.5, 0.6) is 0 Å². The normalized spacial score (nSPS) is 31.9. The van der Waals surface area contributed by atoms with Gasteiger partial charge in [-0.3, -0.25) is 4.79 Å². The largest absolute Gasteiger partial charge is 0.462 e. The lowest BCUT2D eigenvalue weighted by molar-refractivity contribution is -0.156. The van der Waals surface area contributed by atoms with Gasteiger partial charge in [-0.15, -0.1) is 0 Å². The van der Waals surface area contributed by atoms with Crippen LogP contribution in [0.4, 0.5) is 0 Å². The summed E-state index contributed by atoms with van der Waals surface area (Å²) in [5.41, 5.74) is 0. The van der Waals surface area contributed by atoms with Crippen molar-refractivity contribution in [1.82, 2.24) is 0 Å². The summed E-state index contributed by atoms with van der Waals surface area (Å²) in [5.74, 6) is 0.312. The van der Waals surface area contributed by atoms with Crippen molar-refractivity contribution in [1.29, 1.82) is 0 Å². The third-order valence-corrected chi connectivity index (χ3v) is 4.77. The highest BCUT2D eigenvalue weighted by Crippen LogP contribution is 2.26. The Morgan fingerprint density at radius 1 is 0.632 bits per heavy atom. The van der Waals surface area contributed by atoms with Crippen molar-refractivity contribution >= 4 is 5.97 Å². The topological polar surface area (TPSA) is 26.3 Å². The molecule has 2 rings (SSSR count). The molecule has 2 heterocycles. The lowest BCUT2D eigenvalue weighted by Gasteiger charge is -2.25. The van der Waals surface area contributed by atoms with Crippen LogP contribution in [0.15, 0.2) is 0 Å². The van der Waals surface area contributed by atoms with Crippen LogP contribution in [0.2, 0.25) is 0 Å². The van der Waals surface area contributed by atoms with E-state index in [1.807, 2.05) is 0 Å². The summed E-state index contributed by atoms with van der Waals surface area (Å²) >= 11 is 0. The molecule has 2 aliphatic heterocycles. The molecule has 110 valence electrons. The van der Waals surface area contributed by atoms with Crippen molar-refractivity contribution in [2.24, 2.45) is 5.92 Å². The summed E-state index contributed by atoms with van der Waals surface area (Å²) in [5, 5.41) is 0. The third-order valence-electron chi connectivity index (χ3n) is 4.77. The van der Waals surface area contributed by atoms with Gasteiger partial charge in [0, 0.05) is 0 Å². The van der Waals surface area contributed by atoms with Gasteiger partial charge in [0.2, 0.25) is 0 Å². The van der Waals surface area contributed by atoms with E-state index in [2.05, 4.69) is 0 Å². The van der Waals surface area contributed by atoms with Gasteiger partial charge in [-0.1, -0.05) is 51.4 Å². The van der Waals surface area contributed by atoms with Crippen LogP contribution in [0.1, 0.15) is 89.9 Å². The summed E-state index contributed by atoms with van der Waals surface area (Å²) in [7, 11) is 0. The Kier molecular flexibility index (Phi) is 6.73. The molecule has 2 bridgehead atoms. The molecule has 0 aromatic rings. The summed E-state index contributed by atoms with van der Waals surface area (Å²) in [6.45, 7) is 0. The SMILES string of the molecule is O=C1OC2CCCCCCCCCCC1CCCC2. The van der Waals surface area contributed by atoms with Crippen molar-refractivity contribution in [3.8, 4) is 0 Å². The predicted octanol–water partition coefficient (Wildman–Crippen LogP) is 5.00. The van der Waals surface area contributed by atoms with Gasteiger partial charge in [0.1, 0.15) is 6.10 Å². The Morgan fingerprint density at radius 3 is 1.68 bits per heavy atom. The van der Waals surface area contributed by atoms with Crippen molar-refractivity contribution in [2.45, 2.75) is 96.0 Å². The lowest BCUT2D eigenvalue weighted by Crippen LogP contribution is -2.27. The van der Waals surface area contributed by atoms with E-state index in [-0.39, 0.29) is 18.0 Å². The second-order valence-corrected chi connectivity index (χ2v) is 6.45. The molecular weight excluding hydrogens is 236 g/mol. The minimum absolute atomic E-state index is 0.113. The molecule has 2 heteroatoms. The van der Waals surface area contributed by atoms with E-state index in [9.17, 15) is 4.79 Å². The second-order valence-electron chi connectivity index (χ2n) is 6.45. The van der Waals surface area contributed by atoms with E-state index in [1.54, 1.807) is 0 Å². The fourth-order valence-electron chi connectivity index (χ4n) is 3.49. The van der Waals surface area contributed by atoms with Crippen molar-refractivity contribution in [2.75, 3.05) is 0 Å². The van der Waals surface area contributed by atoms with Crippen LogP contribution in [0.25, 0.3) is 0 Å². The van der Waals surface area contributed by atoms with E-state index in [4.69, 9.17) is 4.74 Å². The molecule has 0 N–H and O–H groups in total. The Bertz CT molecular complexity index is 262. The van der Waals surface area contributed by atoms with Crippen molar-refractivity contribution < 1.29 is 9.53 Å². The monoisotopic (exact) mass is 266 g/mol. The zero-order chi connectivity index (χ0) is 13.3. The van der Waals surface area contributed by atoms with Gasteiger partial charge < -0.3 is 4.74 Å². The van der Waals surface area contributed by atoms with Gasteiger partial charge in [-0.25, -0.2) is 0 Å². The van der Waals surface area contributed by atoms with E-state index >= 15 is 0 Å².